The molecule has 5 heterocycles. The van der Waals surface area contributed by atoms with Gasteiger partial charge < -0.3 is 29.8 Å². The molecule has 1 aliphatic heterocycles. The molecule has 20 heteroatoms. The van der Waals surface area contributed by atoms with Crippen LogP contribution in [0.3, 0.4) is 0 Å². The molecule has 2 aliphatic carbocycles. The summed E-state index contributed by atoms with van der Waals surface area (Å²) in [4.78, 5) is 72.0. The number of imidazole rings is 1. The monoisotopic (exact) mass is 886 g/mol. The number of pyridine rings is 1. The lowest BCUT2D eigenvalue weighted by Crippen LogP contribution is -2.44. The maximum atomic E-state index is 14.1. The van der Waals surface area contributed by atoms with Crippen LogP contribution in [0.25, 0.3) is 22.5 Å². The zero-order valence-corrected chi connectivity index (χ0v) is 35.5. The number of halogens is 2. The van der Waals surface area contributed by atoms with Crippen molar-refractivity contribution in [3.05, 3.63) is 76.4 Å². The molecular weight excluding hydrogens is 835 g/mol. The minimum atomic E-state index is -2.93. The van der Waals surface area contributed by atoms with Gasteiger partial charge in [0.05, 0.1) is 42.6 Å². The molecule has 64 heavy (non-hydrogen) atoms. The largest absolute Gasteiger partial charge is 0.444 e. The second-order valence-electron chi connectivity index (χ2n) is 16.5. The minimum Gasteiger partial charge on any atom is -0.444 e. The molecule has 3 aliphatic rings. The SMILES string of the molecule is Cn1c(=O)n(C2CCC(=O)NC2=O)c2cccc(CCCOCCOCCNC(=O)[C@H]3CC[C@@H](n4cc(NC(=O)c5coc(-c6ccnc(NCC7CC7)c6)n5)c(C(F)F)n4)CC3)c21. The smallest absolute Gasteiger partial charge is 0.329 e. The molecule has 1 unspecified atom stereocenters. The summed E-state index contributed by atoms with van der Waals surface area (Å²) in [7, 11) is 1.68. The number of nitrogens with zero attached hydrogens (tertiary/aromatic N) is 6. The van der Waals surface area contributed by atoms with Crippen LogP contribution >= 0.6 is 0 Å². The third kappa shape index (κ3) is 10.4. The van der Waals surface area contributed by atoms with Crippen LogP contribution in [0.5, 0.6) is 0 Å². The van der Waals surface area contributed by atoms with E-state index in [4.69, 9.17) is 13.9 Å². The molecule has 1 aromatic carbocycles. The number of hydrogen-bond donors (Lipinski definition) is 4. The highest BCUT2D eigenvalue weighted by molar-refractivity contribution is 6.03. The van der Waals surface area contributed by atoms with Crippen molar-refractivity contribution < 1.29 is 41.8 Å². The lowest BCUT2D eigenvalue weighted by molar-refractivity contribution is -0.135. The fraction of sp³-hybridized carbons (Fsp3) is 0.500. The lowest BCUT2D eigenvalue weighted by Gasteiger charge is -2.28. The van der Waals surface area contributed by atoms with E-state index in [9.17, 15) is 32.8 Å². The molecule has 0 radical (unpaired) electrons. The first-order valence-electron chi connectivity index (χ1n) is 21.8. The van der Waals surface area contributed by atoms with Crippen LogP contribution in [0.4, 0.5) is 20.3 Å². The summed E-state index contributed by atoms with van der Waals surface area (Å²) in [6.45, 7) is 2.64. The van der Waals surface area contributed by atoms with E-state index < -0.39 is 30.0 Å². The van der Waals surface area contributed by atoms with Crippen molar-refractivity contribution in [2.75, 3.05) is 50.2 Å². The second-order valence-corrected chi connectivity index (χ2v) is 16.5. The number of para-hydroxylation sites is 1. The third-order valence-electron chi connectivity index (χ3n) is 12.0. The Morgan fingerprint density at radius 1 is 1.00 bits per heavy atom. The molecular formula is C44H52F2N10O8. The highest BCUT2D eigenvalue weighted by Crippen LogP contribution is 2.35. The number of alkyl halides is 2. The Balaban J connectivity index is 0.721. The van der Waals surface area contributed by atoms with Crippen molar-refractivity contribution >= 4 is 46.2 Å². The summed E-state index contributed by atoms with van der Waals surface area (Å²) in [5, 5.41) is 15.2. The van der Waals surface area contributed by atoms with Crippen LogP contribution in [0.15, 0.2) is 58.2 Å². The first-order valence-corrected chi connectivity index (χ1v) is 21.8. The molecule has 1 atom stereocenters. The van der Waals surface area contributed by atoms with Gasteiger partial charge in [-0.2, -0.15) is 5.10 Å². The predicted molar refractivity (Wildman–Crippen MR) is 229 cm³/mol. The molecule has 5 aromatic rings. The van der Waals surface area contributed by atoms with Crippen molar-refractivity contribution in [3.8, 4) is 11.5 Å². The highest BCUT2D eigenvalue weighted by atomic mass is 19.3. The highest BCUT2D eigenvalue weighted by Gasteiger charge is 2.32. The van der Waals surface area contributed by atoms with Gasteiger partial charge in [0, 0.05) is 57.0 Å². The number of nitrogens with one attached hydrogen (secondary N) is 4. The predicted octanol–water partition coefficient (Wildman–Crippen LogP) is 5.09. The fourth-order valence-corrected chi connectivity index (χ4v) is 8.41. The molecule has 18 nitrogen and oxygen atoms in total. The van der Waals surface area contributed by atoms with E-state index in [1.54, 1.807) is 29.9 Å². The molecule has 3 fully saturated rings. The Morgan fingerprint density at radius 3 is 2.56 bits per heavy atom. The molecule has 340 valence electrons. The maximum absolute atomic E-state index is 14.1. The van der Waals surface area contributed by atoms with Crippen LogP contribution in [0.2, 0.25) is 0 Å². The van der Waals surface area contributed by atoms with Crippen molar-refractivity contribution in [2.24, 2.45) is 18.9 Å². The molecule has 4 amide bonds. The normalized spacial score (nSPS) is 19.0. The number of rotatable bonds is 20. The summed E-state index contributed by atoms with van der Waals surface area (Å²) in [5.74, 6) is -0.333. The lowest BCUT2D eigenvalue weighted by atomic mass is 9.85. The van der Waals surface area contributed by atoms with Crippen LogP contribution in [-0.4, -0.2) is 92.0 Å². The number of amides is 4. The number of ether oxygens (including phenoxy) is 2. The van der Waals surface area contributed by atoms with Crippen LogP contribution in [0, 0.1) is 11.8 Å². The van der Waals surface area contributed by atoms with Crippen molar-refractivity contribution in [2.45, 2.75) is 82.7 Å². The number of aryl methyl sites for hydroxylation is 2. The quantitative estimate of drug-likeness (QED) is 0.0594. The van der Waals surface area contributed by atoms with E-state index in [1.807, 2.05) is 18.2 Å². The van der Waals surface area contributed by atoms with Gasteiger partial charge in [-0.1, -0.05) is 12.1 Å². The number of piperidine rings is 1. The zero-order valence-electron chi connectivity index (χ0n) is 35.5. The third-order valence-corrected chi connectivity index (χ3v) is 12.0. The van der Waals surface area contributed by atoms with E-state index in [2.05, 4.69) is 36.3 Å². The first kappa shape index (κ1) is 44.3. The van der Waals surface area contributed by atoms with Gasteiger partial charge in [0.15, 0.2) is 11.4 Å². The molecule has 1 saturated heterocycles. The Kier molecular flexibility index (Phi) is 13.9. The van der Waals surface area contributed by atoms with Crippen molar-refractivity contribution in [3.63, 3.8) is 0 Å². The van der Waals surface area contributed by atoms with E-state index in [0.717, 1.165) is 17.6 Å². The summed E-state index contributed by atoms with van der Waals surface area (Å²) in [6, 6.07) is 8.14. The summed E-state index contributed by atoms with van der Waals surface area (Å²) < 4.78 is 49.6. The molecule has 0 bridgehead atoms. The van der Waals surface area contributed by atoms with E-state index in [0.29, 0.717) is 94.3 Å². The number of imide groups is 1. The molecule has 8 rings (SSSR count). The van der Waals surface area contributed by atoms with Gasteiger partial charge in [0.25, 0.3) is 12.3 Å². The number of oxazole rings is 1. The fourth-order valence-electron chi connectivity index (χ4n) is 8.41. The van der Waals surface area contributed by atoms with Gasteiger partial charge in [0.1, 0.15) is 18.1 Å². The Labute approximate surface area is 366 Å². The van der Waals surface area contributed by atoms with Crippen molar-refractivity contribution in [1.29, 1.82) is 0 Å². The first-order chi connectivity index (χ1) is 31.0. The van der Waals surface area contributed by atoms with E-state index >= 15 is 0 Å². The molecule has 4 N–H and O–H groups in total. The van der Waals surface area contributed by atoms with Crippen molar-refractivity contribution in [1.82, 2.24) is 39.5 Å². The van der Waals surface area contributed by atoms with Gasteiger partial charge in [-0.25, -0.2) is 23.5 Å². The second kappa shape index (κ2) is 20.0. The minimum absolute atomic E-state index is 0.0748. The van der Waals surface area contributed by atoms with Gasteiger partial charge in [-0.05, 0) is 87.5 Å². The topological polar surface area (TPSA) is 219 Å². The summed E-state index contributed by atoms with van der Waals surface area (Å²) >= 11 is 0. The zero-order chi connectivity index (χ0) is 44.7. The number of aromatic nitrogens is 6. The summed E-state index contributed by atoms with van der Waals surface area (Å²) in [6.07, 6.45) is 7.63. The molecule has 2 saturated carbocycles. The number of carbonyl (C=O) groups excluding carboxylic acids is 4. The number of fused-ring (bicyclic) bond motifs is 1. The number of benzene rings is 1. The number of carbonyl (C=O) groups is 4. The molecule has 0 spiro atoms. The average molecular weight is 887 g/mol. The summed E-state index contributed by atoms with van der Waals surface area (Å²) in [5.41, 5.74) is 1.92. The van der Waals surface area contributed by atoms with Gasteiger partial charge in [0.2, 0.25) is 23.6 Å². The molecule has 4 aromatic heterocycles. The van der Waals surface area contributed by atoms with Crippen LogP contribution < -0.4 is 27.0 Å². The Hall–Kier alpha value is -6.28. The van der Waals surface area contributed by atoms with Gasteiger partial charge >= 0.3 is 5.69 Å². The van der Waals surface area contributed by atoms with Gasteiger partial charge in [-0.15, -0.1) is 0 Å². The maximum Gasteiger partial charge on any atom is 0.329 e. The van der Waals surface area contributed by atoms with Crippen LogP contribution in [-0.2, 0) is 37.3 Å². The van der Waals surface area contributed by atoms with E-state index in [-0.39, 0.29) is 59.6 Å². The Morgan fingerprint density at radius 2 is 1.80 bits per heavy atom. The standard InChI is InChI=1S/C44H52F2N10O8/c1-54-38-27(4-2-6-33(38)56(44(54)61)34-13-14-36(57)52-42(34)60)5-3-18-62-20-21-63-19-17-48-40(58)28-9-11-30(12-10-28)55-24-31(37(53-55)39(45)46)50-41(59)32-25-64-43(51-32)29-15-16-47-35(22-29)49-23-26-7-8-26/h2,4,6,15-16,22,24-26,28,30,34,39H,3,5,7-14,17-21,23H2,1H3,(H,47,49)(H,48,58)(H,50,59)(H,52,57,60)/t28-,30+,34?. The number of anilines is 2. The Bertz CT molecular complexity index is 2540. The number of hydrogen-bond acceptors (Lipinski definition) is 12. The van der Waals surface area contributed by atoms with Crippen LogP contribution in [0.1, 0.15) is 98.0 Å². The average Bonchev–Trinajstić information content (AvgIpc) is 3.70. The van der Waals surface area contributed by atoms with Gasteiger partial charge in [-0.3, -0.25) is 38.3 Å². The van der Waals surface area contributed by atoms with E-state index in [1.165, 1.54) is 34.6 Å².